The van der Waals surface area contributed by atoms with E-state index >= 15 is 0 Å². The van der Waals surface area contributed by atoms with Gasteiger partial charge in [0, 0.05) is 16.3 Å². The Morgan fingerprint density at radius 1 is 1.28 bits per heavy atom. The molecule has 1 aromatic carbocycles. The van der Waals surface area contributed by atoms with Crippen LogP contribution < -0.4 is 4.90 Å². The number of allylic oxidation sites excluding steroid dienone is 1. The molecule has 0 saturated carbocycles. The number of benzene rings is 1. The molecule has 1 heterocycles. The van der Waals surface area contributed by atoms with Gasteiger partial charge < -0.3 is 4.90 Å². The zero-order chi connectivity index (χ0) is 13.3. The predicted octanol–water partition coefficient (Wildman–Crippen LogP) is 4.86. The lowest BCUT2D eigenvalue weighted by atomic mass is 10.1. The number of hydrogen-bond donors (Lipinski definition) is 0. The first-order valence-corrected chi connectivity index (χ1v) is 7.60. The smallest absolute Gasteiger partial charge is 0.0812 e. The third-order valence-electron chi connectivity index (χ3n) is 3.30. The maximum atomic E-state index is 5.34. The monoisotopic (exact) mass is 277 g/mol. The number of hydrogen-bond acceptors (Lipinski definition) is 3. The van der Waals surface area contributed by atoms with Gasteiger partial charge in [-0.2, -0.15) is 0 Å². The second-order valence-electron chi connectivity index (χ2n) is 4.55. The van der Waals surface area contributed by atoms with E-state index in [9.17, 15) is 0 Å². The van der Waals surface area contributed by atoms with Crippen molar-refractivity contribution in [2.75, 3.05) is 11.4 Å². The van der Waals surface area contributed by atoms with Crippen LogP contribution in [0.4, 0.5) is 5.69 Å². The van der Waals surface area contributed by atoms with E-state index in [1.54, 1.807) is 0 Å². The molecule has 1 aromatic rings. The molecule has 0 amide bonds. The largest absolute Gasteiger partial charge is 0.335 e. The first-order valence-electron chi connectivity index (χ1n) is 6.38. The fraction of sp³-hybridized carbons (Fsp3) is 0.400. The summed E-state index contributed by atoms with van der Waals surface area (Å²) >= 11 is 7.17. The van der Waals surface area contributed by atoms with Crippen LogP contribution in [0.1, 0.15) is 31.4 Å². The van der Waals surface area contributed by atoms with Crippen molar-refractivity contribution >= 4 is 34.5 Å². The molecule has 0 aromatic heterocycles. The lowest BCUT2D eigenvalue weighted by molar-refractivity contribution is 0.999. The second-order valence-corrected chi connectivity index (χ2v) is 6.14. The Hall–Kier alpha value is -0.800. The van der Waals surface area contributed by atoms with Crippen molar-refractivity contribution in [3.05, 3.63) is 34.4 Å². The van der Waals surface area contributed by atoms with Crippen molar-refractivity contribution < 1.29 is 0 Å². The summed E-state index contributed by atoms with van der Waals surface area (Å²) in [5, 5.41) is 1.27. The maximum absolute atomic E-state index is 5.34. The normalized spacial score (nSPS) is 16.2. The summed E-state index contributed by atoms with van der Waals surface area (Å²) in [6.45, 7) is 9.63. The van der Waals surface area contributed by atoms with Crippen molar-refractivity contribution in [2.24, 2.45) is 0 Å². The van der Waals surface area contributed by atoms with Crippen LogP contribution in [0.2, 0.25) is 0 Å². The van der Waals surface area contributed by atoms with Crippen LogP contribution in [0.5, 0.6) is 0 Å². The van der Waals surface area contributed by atoms with Gasteiger partial charge in [0.1, 0.15) is 0 Å². The molecule has 0 atom stereocenters. The number of rotatable bonds is 3. The van der Waals surface area contributed by atoms with Crippen molar-refractivity contribution in [1.82, 2.24) is 0 Å². The number of fused-ring (bicyclic) bond motifs is 1. The van der Waals surface area contributed by atoms with Crippen molar-refractivity contribution in [3.8, 4) is 0 Å². The van der Waals surface area contributed by atoms with Gasteiger partial charge in [-0.15, -0.1) is 0 Å². The molecule has 1 aliphatic rings. The minimum Gasteiger partial charge on any atom is -0.335 e. The fourth-order valence-electron chi connectivity index (χ4n) is 2.03. The highest BCUT2D eigenvalue weighted by molar-refractivity contribution is 8.03. The summed E-state index contributed by atoms with van der Waals surface area (Å²) < 4.78 is 0. The molecule has 1 aliphatic heterocycles. The average molecular weight is 277 g/mol. The van der Waals surface area contributed by atoms with Crippen LogP contribution in [0, 0.1) is 13.8 Å². The molecular weight excluding hydrogens is 258 g/mol. The highest BCUT2D eigenvalue weighted by Gasteiger charge is 2.24. The van der Waals surface area contributed by atoms with Crippen molar-refractivity contribution in [2.45, 2.75) is 39.0 Å². The zero-order valence-electron chi connectivity index (χ0n) is 11.4. The Labute approximate surface area is 119 Å². The molecule has 0 N–H and O–H groups in total. The van der Waals surface area contributed by atoms with Gasteiger partial charge in [-0.1, -0.05) is 30.9 Å². The van der Waals surface area contributed by atoms with E-state index in [1.807, 2.05) is 11.8 Å². The van der Waals surface area contributed by atoms with Crippen molar-refractivity contribution in [3.63, 3.8) is 0 Å². The summed E-state index contributed by atoms with van der Waals surface area (Å²) in [7, 11) is 0. The molecule has 18 heavy (non-hydrogen) atoms. The minimum atomic E-state index is 0.936. The highest BCUT2D eigenvalue weighted by atomic mass is 32.2. The molecule has 2 rings (SSSR count). The average Bonchev–Trinajstić information content (AvgIpc) is 2.66. The third-order valence-corrected chi connectivity index (χ3v) is 4.80. The van der Waals surface area contributed by atoms with Crippen LogP contribution >= 0.6 is 24.0 Å². The molecule has 0 spiro atoms. The lowest BCUT2D eigenvalue weighted by Gasteiger charge is -2.18. The Bertz CT molecular complexity index is 517. The first-order chi connectivity index (χ1) is 8.56. The Morgan fingerprint density at radius 3 is 2.56 bits per heavy atom. The quantitative estimate of drug-likeness (QED) is 0.574. The van der Waals surface area contributed by atoms with E-state index in [0.29, 0.717) is 0 Å². The molecule has 0 radical (unpaired) electrons. The summed E-state index contributed by atoms with van der Waals surface area (Å²) in [5.74, 6) is 0. The van der Waals surface area contributed by atoms with Crippen LogP contribution in [0.15, 0.2) is 28.1 Å². The van der Waals surface area contributed by atoms with E-state index in [4.69, 9.17) is 12.2 Å². The maximum Gasteiger partial charge on any atom is 0.0812 e. The van der Waals surface area contributed by atoms with Gasteiger partial charge in [-0.05, 0) is 56.5 Å². The van der Waals surface area contributed by atoms with Crippen LogP contribution in [0.25, 0.3) is 0 Å². The van der Waals surface area contributed by atoms with Gasteiger partial charge in [0.25, 0.3) is 0 Å². The molecule has 0 fully saturated rings. The minimum absolute atomic E-state index is 0.936. The highest BCUT2D eigenvalue weighted by Crippen LogP contribution is 2.46. The second kappa shape index (κ2) is 5.45. The van der Waals surface area contributed by atoms with Gasteiger partial charge in [0.15, 0.2) is 0 Å². The summed E-state index contributed by atoms with van der Waals surface area (Å²) in [5.41, 5.74) is 4.04. The van der Waals surface area contributed by atoms with Gasteiger partial charge in [0.05, 0.1) is 10.7 Å². The van der Waals surface area contributed by atoms with Gasteiger partial charge in [-0.3, -0.25) is 0 Å². The van der Waals surface area contributed by atoms with Crippen molar-refractivity contribution in [1.29, 1.82) is 0 Å². The Kier molecular flexibility index (Phi) is 4.13. The molecule has 1 nitrogen and oxygen atoms in total. The molecule has 0 saturated heterocycles. The standard InChI is InChI=1S/C15H19NS2/c1-5-12(17)9-15-16(6-2)13-7-10(3)11(4)8-14(13)18-15/h7-9H,5-6H2,1-4H3. The predicted molar refractivity (Wildman–Crippen MR) is 85.8 cm³/mol. The van der Waals surface area contributed by atoms with E-state index < -0.39 is 0 Å². The lowest BCUT2D eigenvalue weighted by Crippen LogP contribution is -2.17. The van der Waals surface area contributed by atoms with E-state index in [1.165, 1.54) is 26.7 Å². The van der Waals surface area contributed by atoms with E-state index in [0.717, 1.165) is 17.8 Å². The first kappa shape index (κ1) is 13.6. The Morgan fingerprint density at radius 2 is 1.94 bits per heavy atom. The number of anilines is 1. The van der Waals surface area contributed by atoms with Crippen LogP contribution in [-0.2, 0) is 0 Å². The van der Waals surface area contributed by atoms with Gasteiger partial charge >= 0.3 is 0 Å². The third kappa shape index (κ3) is 2.47. The number of thiocarbonyl (C=S) groups is 1. The molecule has 0 bridgehead atoms. The van der Waals surface area contributed by atoms with Crippen LogP contribution in [-0.4, -0.2) is 11.4 Å². The summed E-state index contributed by atoms with van der Waals surface area (Å²) in [6, 6.07) is 4.57. The number of nitrogens with zero attached hydrogens (tertiary/aromatic N) is 1. The molecule has 3 heteroatoms. The molecule has 0 aliphatic carbocycles. The summed E-state index contributed by atoms with van der Waals surface area (Å²) in [4.78, 5) is 4.73. The topological polar surface area (TPSA) is 3.24 Å². The fourth-order valence-corrected chi connectivity index (χ4v) is 3.49. The van der Waals surface area contributed by atoms with E-state index in [-0.39, 0.29) is 0 Å². The zero-order valence-corrected chi connectivity index (χ0v) is 13.0. The number of aryl methyl sites for hydroxylation is 2. The van der Waals surface area contributed by atoms with Gasteiger partial charge in [0.2, 0.25) is 0 Å². The van der Waals surface area contributed by atoms with E-state index in [2.05, 4.69) is 50.8 Å². The van der Waals surface area contributed by atoms with Gasteiger partial charge in [-0.25, -0.2) is 0 Å². The SMILES string of the molecule is CCC(=S)C=C1Sc2cc(C)c(C)cc2N1CC. The summed E-state index contributed by atoms with van der Waals surface area (Å²) in [6.07, 6.45) is 3.08. The molecule has 96 valence electrons. The van der Waals surface area contributed by atoms with Crippen LogP contribution in [0.3, 0.4) is 0 Å². The molecule has 0 unspecified atom stereocenters. The Balaban J connectivity index is 2.43. The molecular formula is C15H19NS2. The number of thioether (sulfide) groups is 1.